The fraction of sp³-hybridized carbons (Fsp3) is 0.364. The second kappa shape index (κ2) is 5.56. The first-order valence-electron chi connectivity index (χ1n) is 4.57. The van der Waals surface area contributed by atoms with Crippen LogP contribution in [0.4, 0.5) is 0 Å². The molecule has 0 heterocycles. The molecule has 0 N–H and O–H groups in total. The van der Waals surface area contributed by atoms with Gasteiger partial charge in [-0.1, -0.05) is 0 Å². The summed E-state index contributed by atoms with van der Waals surface area (Å²) in [5.41, 5.74) is 0.655. The van der Waals surface area contributed by atoms with Gasteiger partial charge in [0.2, 0.25) is 0 Å². The monoisotopic (exact) mass is 288 g/mol. The van der Waals surface area contributed by atoms with Crippen LogP contribution in [0.15, 0.2) is 21.5 Å². The number of carbonyl (C=O) groups is 1. The normalized spacial score (nSPS) is 10.5. The smallest absolute Gasteiger partial charge is 0.150 e. The third kappa shape index (κ3) is 3.24. The highest BCUT2D eigenvalue weighted by Crippen LogP contribution is 2.36. The molecule has 0 saturated carbocycles. The van der Waals surface area contributed by atoms with Crippen LogP contribution in [0.1, 0.15) is 24.2 Å². The molecule has 0 amide bonds. The van der Waals surface area contributed by atoms with Crippen LogP contribution in [0, 0.1) is 0 Å². The Labute approximate surface area is 103 Å². The maximum Gasteiger partial charge on any atom is 0.150 e. The van der Waals surface area contributed by atoms with Gasteiger partial charge in [0.1, 0.15) is 12.0 Å². The third-order valence-corrected chi connectivity index (χ3v) is 3.07. The molecule has 4 heteroatoms. The number of hydrogen-bond acceptors (Lipinski definition) is 3. The lowest BCUT2D eigenvalue weighted by molar-refractivity contribution is 0.112. The Bertz CT molecular complexity index is 364. The number of thioether (sulfide) groups is 1. The Kier molecular flexibility index (Phi) is 4.67. The Hall–Kier alpha value is -0.480. The van der Waals surface area contributed by atoms with Gasteiger partial charge in [-0.2, -0.15) is 0 Å². The van der Waals surface area contributed by atoms with Gasteiger partial charge in [0, 0.05) is 5.56 Å². The van der Waals surface area contributed by atoms with Crippen LogP contribution in [0.2, 0.25) is 0 Å². The molecule has 0 bridgehead atoms. The van der Waals surface area contributed by atoms with Gasteiger partial charge in [-0.3, -0.25) is 4.79 Å². The zero-order valence-electron chi connectivity index (χ0n) is 8.91. The summed E-state index contributed by atoms with van der Waals surface area (Å²) < 4.78 is 6.51. The van der Waals surface area contributed by atoms with Crippen molar-refractivity contribution in [3.8, 4) is 5.75 Å². The van der Waals surface area contributed by atoms with Crippen LogP contribution in [-0.4, -0.2) is 18.6 Å². The van der Waals surface area contributed by atoms with Crippen molar-refractivity contribution in [1.82, 2.24) is 0 Å². The molecule has 1 rings (SSSR count). The fourth-order valence-corrected chi connectivity index (χ4v) is 2.46. The second-order valence-corrected chi connectivity index (χ2v) is 5.02. The Morgan fingerprint density at radius 2 is 2.13 bits per heavy atom. The van der Waals surface area contributed by atoms with Crippen molar-refractivity contribution in [1.29, 1.82) is 0 Å². The molecule has 0 aliphatic heterocycles. The van der Waals surface area contributed by atoms with Crippen molar-refractivity contribution in [2.24, 2.45) is 0 Å². The number of rotatable bonds is 4. The molecule has 1 aromatic carbocycles. The molecule has 0 radical (unpaired) electrons. The topological polar surface area (TPSA) is 26.3 Å². The molecule has 0 saturated heterocycles. The van der Waals surface area contributed by atoms with Gasteiger partial charge in [0.25, 0.3) is 0 Å². The van der Waals surface area contributed by atoms with Crippen LogP contribution in [0.25, 0.3) is 0 Å². The quantitative estimate of drug-likeness (QED) is 0.623. The Morgan fingerprint density at radius 3 is 2.60 bits per heavy atom. The van der Waals surface area contributed by atoms with E-state index in [2.05, 4.69) is 15.9 Å². The molecule has 2 nitrogen and oxygen atoms in total. The van der Waals surface area contributed by atoms with E-state index in [1.54, 1.807) is 17.8 Å². The number of hydrogen-bond donors (Lipinski definition) is 0. The van der Waals surface area contributed by atoms with Crippen LogP contribution in [0.3, 0.4) is 0 Å². The van der Waals surface area contributed by atoms with E-state index in [1.807, 2.05) is 26.2 Å². The lowest BCUT2D eigenvalue weighted by Crippen LogP contribution is -2.07. The Morgan fingerprint density at radius 1 is 1.47 bits per heavy atom. The zero-order chi connectivity index (χ0) is 11.4. The predicted molar refractivity (Wildman–Crippen MR) is 67.1 cm³/mol. The average Bonchev–Trinajstić information content (AvgIpc) is 2.20. The van der Waals surface area contributed by atoms with Crippen LogP contribution in [-0.2, 0) is 0 Å². The summed E-state index contributed by atoms with van der Waals surface area (Å²) in [6.45, 7) is 3.95. The van der Waals surface area contributed by atoms with E-state index in [4.69, 9.17) is 4.74 Å². The van der Waals surface area contributed by atoms with Gasteiger partial charge in [-0.25, -0.2) is 0 Å². The molecule has 0 aliphatic rings. The number of benzene rings is 1. The maximum absolute atomic E-state index is 10.7. The summed E-state index contributed by atoms with van der Waals surface area (Å²) in [6.07, 6.45) is 2.92. The molecule has 1 aromatic rings. The van der Waals surface area contributed by atoms with E-state index in [9.17, 15) is 4.79 Å². The summed E-state index contributed by atoms with van der Waals surface area (Å²) in [5, 5.41) is 0. The molecule has 0 fully saturated rings. The van der Waals surface area contributed by atoms with E-state index < -0.39 is 0 Å². The minimum Gasteiger partial charge on any atom is -0.489 e. The van der Waals surface area contributed by atoms with Gasteiger partial charge in [-0.15, -0.1) is 11.8 Å². The summed E-state index contributed by atoms with van der Waals surface area (Å²) >= 11 is 4.98. The highest BCUT2D eigenvalue weighted by molar-refractivity contribution is 9.10. The van der Waals surface area contributed by atoms with Gasteiger partial charge in [0.05, 0.1) is 15.5 Å². The highest BCUT2D eigenvalue weighted by Gasteiger charge is 2.11. The molecular formula is C11H13BrO2S. The lowest BCUT2D eigenvalue weighted by atomic mass is 10.2. The Balaban J connectivity index is 3.18. The first-order chi connectivity index (χ1) is 7.08. The molecule has 82 valence electrons. The minimum absolute atomic E-state index is 0.120. The number of halogens is 1. The minimum atomic E-state index is 0.120. The molecule has 0 atom stereocenters. The number of ether oxygens (including phenoxy) is 1. The van der Waals surface area contributed by atoms with Crippen molar-refractivity contribution in [3.63, 3.8) is 0 Å². The van der Waals surface area contributed by atoms with Crippen molar-refractivity contribution < 1.29 is 9.53 Å². The third-order valence-electron chi connectivity index (χ3n) is 1.74. The highest BCUT2D eigenvalue weighted by atomic mass is 79.9. The zero-order valence-corrected chi connectivity index (χ0v) is 11.3. The molecule has 0 aromatic heterocycles. The van der Waals surface area contributed by atoms with Crippen molar-refractivity contribution in [2.45, 2.75) is 24.8 Å². The molecular weight excluding hydrogens is 276 g/mol. The fourth-order valence-electron chi connectivity index (χ4n) is 1.16. The van der Waals surface area contributed by atoms with E-state index in [-0.39, 0.29) is 6.10 Å². The summed E-state index contributed by atoms with van der Waals surface area (Å²) in [5.74, 6) is 0.808. The van der Waals surface area contributed by atoms with Crippen LogP contribution >= 0.6 is 27.7 Å². The van der Waals surface area contributed by atoms with Crippen LogP contribution in [0.5, 0.6) is 5.75 Å². The van der Waals surface area contributed by atoms with Crippen molar-refractivity contribution in [3.05, 3.63) is 22.2 Å². The van der Waals surface area contributed by atoms with Gasteiger partial charge >= 0.3 is 0 Å². The molecule has 15 heavy (non-hydrogen) atoms. The lowest BCUT2D eigenvalue weighted by Gasteiger charge is -2.15. The molecule has 0 aliphatic carbocycles. The number of carbonyl (C=O) groups excluding carboxylic acids is 1. The summed E-state index contributed by atoms with van der Waals surface area (Å²) in [7, 11) is 0. The first-order valence-corrected chi connectivity index (χ1v) is 6.59. The largest absolute Gasteiger partial charge is 0.489 e. The molecule has 0 unspecified atom stereocenters. The summed E-state index contributed by atoms with van der Waals surface area (Å²) in [6, 6.07) is 3.60. The second-order valence-electron chi connectivity index (χ2n) is 3.32. The number of aldehydes is 1. The van der Waals surface area contributed by atoms with Gasteiger partial charge in [-0.05, 0) is 48.2 Å². The summed E-state index contributed by atoms with van der Waals surface area (Å²) in [4.78, 5) is 11.7. The molecule has 0 spiro atoms. The van der Waals surface area contributed by atoms with E-state index >= 15 is 0 Å². The van der Waals surface area contributed by atoms with Gasteiger partial charge < -0.3 is 4.74 Å². The standard InChI is InChI=1S/C11H13BrO2S/c1-7(2)14-11-9(12)4-8(6-13)5-10(11)15-3/h4-7H,1-3H3. The van der Waals surface area contributed by atoms with Crippen molar-refractivity contribution >= 4 is 34.0 Å². The average molecular weight is 289 g/mol. The predicted octanol–water partition coefficient (Wildman–Crippen LogP) is 3.77. The van der Waals surface area contributed by atoms with E-state index in [0.29, 0.717) is 5.56 Å². The van der Waals surface area contributed by atoms with E-state index in [0.717, 1.165) is 21.4 Å². The van der Waals surface area contributed by atoms with Gasteiger partial charge in [0.15, 0.2) is 0 Å². The van der Waals surface area contributed by atoms with Crippen molar-refractivity contribution in [2.75, 3.05) is 6.26 Å². The first kappa shape index (κ1) is 12.6. The maximum atomic E-state index is 10.7. The SMILES string of the molecule is CSc1cc(C=O)cc(Br)c1OC(C)C. The van der Waals surface area contributed by atoms with Crippen LogP contribution < -0.4 is 4.74 Å². The van der Waals surface area contributed by atoms with E-state index in [1.165, 1.54) is 0 Å².